The highest BCUT2D eigenvalue weighted by Crippen LogP contribution is 2.31. The third-order valence-electron chi connectivity index (χ3n) is 4.71. The average Bonchev–Trinajstić information content (AvgIpc) is 3.33. The number of methoxy groups -OCH3 is 1. The van der Waals surface area contributed by atoms with Crippen LogP contribution in [0.1, 0.15) is 15.9 Å². The quantitative estimate of drug-likeness (QED) is 0.455. The molecule has 2 aromatic carbocycles. The number of para-hydroxylation sites is 1. The molecule has 4 aromatic rings. The second-order valence-electron chi connectivity index (χ2n) is 6.94. The zero-order valence-electron chi connectivity index (χ0n) is 17.3. The van der Waals surface area contributed by atoms with Gasteiger partial charge in [0.05, 0.1) is 30.0 Å². The van der Waals surface area contributed by atoms with Crippen LogP contribution in [0, 0.1) is 6.92 Å². The maximum absolute atomic E-state index is 13.1. The van der Waals surface area contributed by atoms with Gasteiger partial charge in [-0.25, -0.2) is 4.79 Å². The summed E-state index contributed by atoms with van der Waals surface area (Å²) < 4.78 is 21.6. The van der Waals surface area contributed by atoms with Gasteiger partial charge in [-0.1, -0.05) is 18.2 Å². The number of ether oxygens (including phenoxy) is 2. The first-order valence-electron chi connectivity index (χ1n) is 9.69. The molecule has 8 nitrogen and oxygen atoms in total. The number of rotatable bonds is 6. The summed E-state index contributed by atoms with van der Waals surface area (Å²) in [5.41, 5.74) is 1.33. The van der Waals surface area contributed by atoms with E-state index in [1.54, 1.807) is 48.5 Å². The third-order valence-corrected chi connectivity index (χ3v) is 4.71. The summed E-state index contributed by atoms with van der Waals surface area (Å²) in [6.07, 6.45) is 1.44. The maximum atomic E-state index is 13.1. The van der Waals surface area contributed by atoms with Crippen molar-refractivity contribution in [3.63, 3.8) is 0 Å². The molecule has 32 heavy (non-hydrogen) atoms. The minimum Gasteiger partial charge on any atom is -0.476 e. The molecular weight excluding hydrogens is 414 g/mol. The summed E-state index contributed by atoms with van der Waals surface area (Å²) in [4.78, 5) is 37.5. The number of carbonyl (C=O) groups is 2. The van der Waals surface area contributed by atoms with Gasteiger partial charge in [0.2, 0.25) is 16.9 Å². The smallest absolute Gasteiger partial charge is 0.339 e. The number of benzene rings is 2. The molecule has 0 unspecified atom stereocenters. The predicted octanol–water partition coefficient (Wildman–Crippen LogP) is 4.17. The number of aryl methyl sites for hydroxylation is 1. The van der Waals surface area contributed by atoms with Gasteiger partial charge in [0.1, 0.15) is 5.58 Å². The van der Waals surface area contributed by atoms with Gasteiger partial charge in [-0.2, -0.15) is 0 Å². The molecular formula is C24H19NO7. The fraction of sp³-hybridized carbons (Fsp3) is 0.125. The van der Waals surface area contributed by atoms with Crippen LogP contribution >= 0.6 is 0 Å². The Morgan fingerprint density at radius 1 is 1.06 bits per heavy atom. The van der Waals surface area contributed by atoms with Crippen LogP contribution < -0.4 is 15.5 Å². The van der Waals surface area contributed by atoms with E-state index in [0.29, 0.717) is 11.0 Å². The Morgan fingerprint density at radius 2 is 1.88 bits per heavy atom. The van der Waals surface area contributed by atoms with Crippen molar-refractivity contribution in [2.24, 2.45) is 0 Å². The van der Waals surface area contributed by atoms with Gasteiger partial charge in [-0.3, -0.25) is 9.59 Å². The van der Waals surface area contributed by atoms with Crippen molar-refractivity contribution in [1.29, 1.82) is 0 Å². The molecule has 0 aliphatic carbocycles. The van der Waals surface area contributed by atoms with Gasteiger partial charge < -0.3 is 23.6 Å². The van der Waals surface area contributed by atoms with E-state index in [0.717, 1.165) is 5.56 Å². The lowest BCUT2D eigenvalue weighted by atomic mass is 10.1. The van der Waals surface area contributed by atoms with Crippen LogP contribution in [0.25, 0.3) is 22.5 Å². The van der Waals surface area contributed by atoms with Gasteiger partial charge in [-0.15, -0.1) is 0 Å². The van der Waals surface area contributed by atoms with E-state index in [9.17, 15) is 14.4 Å². The number of nitrogens with one attached hydrogen (secondary N) is 1. The first-order chi connectivity index (χ1) is 15.5. The van der Waals surface area contributed by atoms with E-state index >= 15 is 0 Å². The molecule has 0 spiro atoms. The van der Waals surface area contributed by atoms with Gasteiger partial charge in [0.25, 0.3) is 5.91 Å². The Kier molecular flexibility index (Phi) is 5.76. The topological polar surface area (TPSA) is 108 Å². The molecule has 0 bridgehead atoms. The second kappa shape index (κ2) is 8.81. The van der Waals surface area contributed by atoms with Crippen molar-refractivity contribution in [1.82, 2.24) is 0 Å². The van der Waals surface area contributed by atoms with Gasteiger partial charge >= 0.3 is 5.97 Å². The number of fused-ring (bicyclic) bond motifs is 1. The van der Waals surface area contributed by atoms with Crippen LogP contribution in [0.4, 0.5) is 5.69 Å². The van der Waals surface area contributed by atoms with Crippen LogP contribution in [0.5, 0.6) is 5.75 Å². The first kappa shape index (κ1) is 20.9. The van der Waals surface area contributed by atoms with Gasteiger partial charge in [0.15, 0.2) is 12.4 Å². The van der Waals surface area contributed by atoms with Gasteiger partial charge in [-0.05, 0) is 48.9 Å². The van der Waals surface area contributed by atoms with E-state index in [-0.39, 0.29) is 28.5 Å². The summed E-state index contributed by atoms with van der Waals surface area (Å²) >= 11 is 0. The minimum atomic E-state index is -0.590. The molecule has 0 atom stereocenters. The van der Waals surface area contributed by atoms with Crippen LogP contribution in [0.2, 0.25) is 0 Å². The second-order valence-corrected chi connectivity index (χ2v) is 6.94. The molecule has 0 aliphatic heterocycles. The molecule has 4 rings (SSSR count). The minimum absolute atomic E-state index is 0.0841. The number of furan rings is 1. The molecule has 0 aliphatic rings. The van der Waals surface area contributed by atoms with Crippen LogP contribution in [0.3, 0.4) is 0 Å². The van der Waals surface area contributed by atoms with Gasteiger partial charge in [0, 0.05) is 0 Å². The van der Waals surface area contributed by atoms with Crippen molar-refractivity contribution in [2.75, 3.05) is 19.0 Å². The maximum Gasteiger partial charge on any atom is 0.339 e. The summed E-state index contributed by atoms with van der Waals surface area (Å²) in [6.45, 7) is 1.39. The lowest BCUT2D eigenvalue weighted by molar-refractivity contribution is -0.118. The number of esters is 1. The van der Waals surface area contributed by atoms with Crippen LogP contribution in [0.15, 0.2) is 74.5 Å². The van der Waals surface area contributed by atoms with E-state index in [2.05, 4.69) is 5.32 Å². The molecule has 1 N–H and O–H groups in total. The number of anilines is 1. The number of amides is 1. The number of hydrogen-bond acceptors (Lipinski definition) is 7. The fourth-order valence-electron chi connectivity index (χ4n) is 3.19. The molecule has 8 heteroatoms. The molecule has 0 fully saturated rings. The molecule has 2 heterocycles. The molecule has 1 amide bonds. The van der Waals surface area contributed by atoms with Crippen LogP contribution in [-0.4, -0.2) is 25.6 Å². The lowest BCUT2D eigenvalue weighted by Crippen LogP contribution is -2.23. The van der Waals surface area contributed by atoms with Crippen molar-refractivity contribution in [2.45, 2.75) is 6.92 Å². The van der Waals surface area contributed by atoms with Crippen molar-refractivity contribution in [3.05, 3.63) is 82.2 Å². The molecule has 2 aromatic heterocycles. The number of hydrogen-bond donors (Lipinski definition) is 1. The summed E-state index contributed by atoms with van der Waals surface area (Å²) in [5, 5.41) is 2.91. The van der Waals surface area contributed by atoms with E-state index in [1.807, 2.05) is 6.92 Å². The standard InChI is InChI=1S/C24H19NO7/c1-14-9-10-16-19(12-14)32-22(18-8-5-11-30-18)23(21(16)27)31-13-20(26)25-17-7-4-3-6-15(17)24(28)29-2/h3-12H,13H2,1-2H3,(H,25,26). The number of carbonyl (C=O) groups excluding carboxylic acids is 2. The molecule has 162 valence electrons. The fourth-order valence-corrected chi connectivity index (χ4v) is 3.19. The third kappa shape index (κ3) is 4.11. The molecule has 0 saturated carbocycles. The summed E-state index contributed by atoms with van der Waals surface area (Å²) in [6, 6.07) is 14.8. The Labute approximate surface area is 182 Å². The Hall–Kier alpha value is -4.33. The highest BCUT2D eigenvalue weighted by atomic mass is 16.5. The van der Waals surface area contributed by atoms with E-state index in [1.165, 1.54) is 19.4 Å². The van der Waals surface area contributed by atoms with Crippen LogP contribution in [-0.2, 0) is 9.53 Å². The van der Waals surface area contributed by atoms with Crippen molar-refractivity contribution in [3.8, 4) is 17.3 Å². The first-order valence-corrected chi connectivity index (χ1v) is 9.69. The highest BCUT2D eigenvalue weighted by molar-refractivity contribution is 6.01. The zero-order chi connectivity index (χ0) is 22.7. The Balaban J connectivity index is 1.64. The Morgan fingerprint density at radius 3 is 2.62 bits per heavy atom. The molecule has 0 saturated heterocycles. The summed E-state index contributed by atoms with van der Waals surface area (Å²) in [5.74, 6) is -0.937. The Bertz CT molecular complexity index is 1350. The normalized spacial score (nSPS) is 10.7. The lowest BCUT2D eigenvalue weighted by Gasteiger charge is -2.12. The van der Waals surface area contributed by atoms with E-state index < -0.39 is 23.9 Å². The van der Waals surface area contributed by atoms with E-state index in [4.69, 9.17) is 18.3 Å². The largest absolute Gasteiger partial charge is 0.476 e. The summed E-state index contributed by atoms with van der Waals surface area (Å²) in [7, 11) is 1.25. The SMILES string of the molecule is COC(=O)c1ccccc1NC(=O)COc1c(-c2ccco2)oc2cc(C)ccc2c1=O. The highest BCUT2D eigenvalue weighted by Gasteiger charge is 2.21. The monoisotopic (exact) mass is 433 g/mol. The van der Waals surface area contributed by atoms with Crippen molar-refractivity contribution >= 4 is 28.5 Å². The predicted molar refractivity (Wildman–Crippen MR) is 117 cm³/mol. The average molecular weight is 433 g/mol. The van der Waals surface area contributed by atoms with Crippen molar-refractivity contribution < 1.29 is 27.9 Å². The molecule has 0 radical (unpaired) electrons. The zero-order valence-corrected chi connectivity index (χ0v) is 17.3.